The number of carbonyl (C=O) groups excluding carboxylic acids is 1. The quantitative estimate of drug-likeness (QED) is 0.662. The van der Waals surface area contributed by atoms with Crippen LogP contribution in [-0.4, -0.2) is 42.8 Å². The largest absolute Gasteiger partial charge is 0.440 e. The number of carbonyl (C=O) groups is 1. The minimum atomic E-state index is -0.266. The van der Waals surface area contributed by atoms with Crippen LogP contribution < -0.4 is 5.32 Å². The average Bonchev–Trinajstić information content (AvgIpc) is 2.45. The summed E-state index contributed by atoms with van der Waals surface area (Å²) < 4.78 is 5.43. The summed E-state index contributed by atoms with van der Waals surface area (Å²) in [5, 5.41) is 3.27. The van der Waals surface area contributed by atoms with Gasteiger partial charge in [0.25, 0.3) is 0 Å². The van der Waals surface area contributed by atoms with E-state index in [1.807, 2.05) is 0 Å². The van der Waals surface area contributed by atoms with E-state index in [0.29, 0.717) is 13.1 Å². The van der Waals surface area contributed by atoms with Crippen molar-refractivity contribution in [2.45, 2.75) is 18.4 Å². The Morgan fingerprint density at radius 3 is 3.21 bits per heavy atom. The van der Waals surface area contributed by atoms with Crippen LogP contribution >= 0.6 is 0 Å². The van der Waals surface area contributed by atoms with Crippen molar-refractivity contribution in [1.82, 2.24) is 10.2 Å². The Kier molecular flexibility index (Phi) is 2.46. The van der Waals surface area contributed by atoms with E-state index in [-0.39, 0.29) is 11.7 Å². The molecule has 2 fully saturated rings. The molecule has 78 valence electrons. The number of nitrogens with one attached hydrogen (secondary N) is 1. The van der Waals surface area contributed by atoms with Crippen LogP contribution in [0, 0.1) is 0 Å². The second-order valence-corrected chi connectivity index (χ2v) is 4.00. The molecule has 1 N–H and O–H groups in total. The molecular formula is C10H16N2O2. The second-order valence-electron chi connectivity index (χ2n) is 4.00. The summed E-state index contributed by atoms with van der Waals surface area (Å²) in [4.78, 5) is 13.2. The van der Waals surface area contributed by atoms with Gasteiger partial charge in [0, 0.05) is 13.1 Å². The summed E-state index contributed by atoms with van der Waals surface area (Å²) in [6, 6.07) is 0. The monoisotopic (exact) mass is 196 g/mol. The Morgan fingerprint density at radius 2 is 2.57 bits per heavy atom. The first-order valence-corrected chi connectivity index (χ1v) is 5.05. The zero-order chi connectivity index (χ0) is 10.0. The van der Waals surface area contributed by atoms with Crippen molar-refractivity contribution in [3.05, 3.63) is 12.7 Å². The van der Waals surface area contributed by atoms with Gasteiger partial charge in [0.1, 0.15) is 5.60 Å². The standard InChI is InChI=1S/C10H16N2O2/c1-2-6-12-8-10(14-9(12)13)4-3-5-11-7-10/h2,11H,1,3-8H2. The van der Waals surface area contributed by atoms with E-state index in [9.17, 15) is 4.79 Å². The molecule has 0 saturated carbocycles. The SMILES string of the molecule is C=CCN1CC2(CCCNC2)OC1=O. The van der Waals surface area contributed by atoms with Gasteiger partial charge in [0.2, 0.25) is 0 Å². The van der Waals surface area contributed by atoms with Crippen molar-refractivity contribution in [1.29, 1.82) is 0 Å². The topological polar surface area (TPSA) is 41.6 Å². The lowest BCUT2D eigenvalue weighted by molar-refractivity contribution is 0.0366. The van der Waals surface area contributed by atoms with Crippen molar-refractivity contribution in [3.8, 4) is 0 Å². The first-order chi connectivity index (χ1) is 6.76. The molecule has 2 aliphatic rings. The van der Waals surface area contributed by atoms with Gasteiger partial charge in [-0.1, -0.05) is 6.08 Å². The van der Waals surface area contributed by atoms with Crippen molar-refractivity contribution in [2.24, 2.45) is 0 Å². The van der Waals surface area contributed by atoms with E-state index in [4.69, 9.17) is 4.74 Å². The van der Waals surface area contributed by atoms with Gasteiger partial charge in [0.15, 0.2) is 0 Å². The van der Waals surface area contributed by atoms with E-state index in [1.165, 1.54) is 0 Å². The molecule has 4 nitrogen and oxygen atoms in total. The predicted octanol–water partition coefficient (Wildman–Crippen LogP) is 0.747. The van der Waals surface area contributed by atoms with E-state index >= 15 is 0 Å². The molecule has 4 heteroatoms. The Morgan fingerprint density at radius 1 is 1.71 bits per heavy atom. The fourth-order valence-corrected chi connectivity index (χ4v) is 2.15. The van der Waals surface area contributed by atoms with Crippen LogP contribution in [0.2, 0.25) is 0 Å². The van der Waals surface area contributed by atoms with Gasteiger partial charge in [-0.05, 0) is 19.4 Å². The number of rotatable bonds is 2. The lowest BCUT2D eigenvalue weighted by atomic mass is 9.94. The average molecular weight is 196 g/mol. The van der Waals surface area contributed by atoms with Crippen molar-refractivity contribution in [2.75, 3.05) is 26.2 Å². The lowest BCUT2D eigenvalue weighted by Gasteiger charge is -2.31. The van der Waals surface area contributed by atoms with Gasteiger partial charge in [-0.2, -0.15) is 0 Å². The van der Waals surface area contributed by atoms with Crippen molar-refractivity contribution >= 4 is 6.09 Å². The van der Waals surface area contributed by atoms with Crippen LogP contribution in [0.25, 0.3) is 0 Å². The zero-order valence-corrected chi connectivity index (χ0v) is 8.29. The molecule has 14 heavy (non-hydrogen) atoms. The minimum Gasteiger partial charge on any atom is -0.440 e. The van der Waals surface area contributed by atoms with Crippen LogP contribution in [0.15, 0.2) is 12.7 Å². The summed E-state index contributed by atoms with van der Waals surface area (Å²) in [6.07, 6.45) is 3.58. The molecule has 2 rings (SSSR count). The molecule has 0 radical (unpaired) electrons. The highest BCUT2D eigenvalue weighted by molar-refractivity contribution is 5.71. The number of hydrogen-bond donors (Lipinski definition) is 1. The van der Waals surface area contributed by atoms with Gasteiger partial charge in [-0.25, -0.2) is 4.79 Å². The highest BCUT2D eigenvalue weighted by Gasteiger charge is 2.45. The second kappa shape index (κ2) is 3.61. The predicted molar refractivity (Wildman–Crippen MR) is 53.1 cm³/mol. The van der Waals surface area contributed by atoms with Gasteiger partial charge in [0.05, 0.1) is 6.54 Å². The summed E-state index contributed by atoms with van der Waals surface area (Å²) in [5.41, 5.74) is -0.266. The molecule has 2 heterocycles. The van der Waals surface area contributed by atoms with Crippen LogP contribution in [0.1, 0.15) is 12.8 Å². The molecular weight excluding hydrogens is 180 g/mol. The van der Waals surface area contributed by atoms with Crippen LogP contribution in [0.4, 0.5) is 4.79 Å². The third kappa shape index (κ3) is 1.62. The van der Waals surface area contributed by atoms with E-state index < -0.39 is 0 Å². The Labute approximate surface area is 83.9 Å². The van der Waals surface area contributed by atoms with Crippen molar-refractivity contribution in [3.63, 3.8) is 0 Å². The first kappa shape index (κ1) is 9.52. The molecule has 0 aromatic rings. The van der Waals surface area contributed by atoms with Crippen LogP contribution in [-0.2, 0) is 4.74 Å². The third-order valence-electron chi connectivity index (χ3n) is 2.82. The lowest BCUT2D eigenvalue weighted by Crippen LogP contribution is -2.48. The molecule has 0 bridgehead atoms. The van der Waals surface area contributed by atoms with E-state index in [1.54, 1.807) is 11.0 Å². The number of piperidine rings is 1. The van der Waals surface area contributed by atoms with Crippen LogP contribution in [0.3, 0.4) is 0 Å². The highest BCUT2D eigenvalue weighted by atomic mass is 16.6. The maximum absolute atomic E-state index is 11.5. The number of ether oxygens (including phenoxy) is 1. The molecule has 0 aromatic carbocycles. The third-order valence-corrected chi connectivity index (χ3v) is 2.82. The number of hydrogen-bond acceptors (Lipinski definition) is 3. The molecule has 2 aliphatic heterocycles. The van der Waals surface area contributed by atoms with Crippen LogP contribution in [0.5, 0.6) is 0 Å². The normalized spacial score (nSPS) is 32.0. The smallest absolute Gasteiger partial charge is 0.410 e. The fourth-order valence-electron chi connectivity index (χ4n) is 2.15. The first-order valence-electron chi connectivity index (χ1n) is 5.05. The fraction of sp³-hybridized carbons (Fsp3) is 0.700. The zero-order valence-electron chi connectivity index (χ0n) is 8.29. The molecule has 1 atom stereocenters. The van der Waals surface area contributed by atoms with E-state index in [0.717, 1.165) is 25.9 Å². The Balaban J connectivity index is 2.02. The molecule has 1 spiro atoms. The Hall–Kier alpha value is -1.03. The summed E-state index contributed by atoms with van der Waals surface area (Å²) >= 11 is 0. The molecule has 2 saturated heterocycles. The van der Waals surface area contributed by atoms with E-state index in [2.05, 4.69) is 11.9 Å². The van der Waals surface area contributed by atoms with Gasteiger partial charge < -0.3 is 15.0 Å². The molecule has 0 aliphatic carbocycles. The molecule has 0 aromatic heterocycles. The minimum absolute atomic E-state index is 0.200. The summed E-state index contributed by atoms with van der Waals surface area (Å²) in [7, 11) is 0. The highest BCUT2D eigenvalue weighted by Crippen LogP contribution is 2.28. The maximum atomic E-state index is 11.5. The number of amides is 1. The number of nitrogens with zero attached hydrogens (tertiary/aromatic N) is 1. The van der Waals surface area contributed by atoms with Gasteiger partial charge in [-0.3, -0.25) is 0 Å². The maximum Gasteiger partial charge on any atom is 0.410 e. The molecule has 1 amide bonds. The van der Waals surface area contributed by atoms with Gasteiger partial charge >= 0.3 is 6.09 Å². The Bertz CT molecular complexity index is 247. The summed E-state index contributed by atoms with van der Waals surface area (Å²) in [6.45, 7) is 6.72. The molecule has 1 unspecified atom stereocenters. The van der Waals surface area contributed by atoms with Gasteiger partial charge in [-0.15, -0.1) is 6.58 Å². The summed E-state index contributed by atoms with van der Waals surface area (Å²) in [5.74, 6) is 0. The van der Waals surface area contributed by atoms with Crippen molar-refractivity contribution < 1.29 is 9.53 Å².